The van der Waals surface area contributed by atoms with Crippen LogP contribution in [-0.2, 0) is 4.74 Å². The van der Waals surface area contributed by atoms with Crippen molar-refractivity contribution in [1.29, 1.82) is 5.41 Å². The van der Waals surface area contributed by atoms with E-state index in [1.807, 2.05) is 6.92 Å². The average molecular weight is 499 g/mol. The molecule has 0 bridgehead atoms. The molecule has 0 radical (unpaired) electrons. The third kappa shape index (κ3) is 7.11. The number of piperidine rings is 1. The molecular formula is C26H39FN8O. The van der Waals surface area contributed by atoms with Crippen molar-refractivity contribution in [2.75, 3.05) is 74.6 Å². The summed E-state index contributed by atoms with van der Waals surface area (Å²) in [6.07, 6.45) is 3.58. The summed E-state index contributed by atoms with van der Waals surface area (Å²) in [6.45, 7) is 10.8. The predicted molar refractivity (Wildman–Crippen MR) is 143 cm³/mol. The van der Waals surface area contributed by atoms with Gasteiger partial charge in [-0.05, 0) is 64.0 Å². The summed E-state index contributed by atoms with van der Waals surface area (Å²) in [7, 11) is 0. The van der Waals surface area contributed by atoms with Crippen LogP contribution < -0.4 is 20.9 Å². The van der Waals surface area contributed by atoms with Crippen LogP contribution in [-0.4, -0.2) is 85.6 Å². The minimum Gasteiger partial charge on any atom is -0.380 e. The van der Waals surface area contributed by atoms with Gasteiger partial charge in [0.05, 0.1) is 12.3 Å². The molecule has 36 heavy (non-hydrogen) atoms. The second-order valence-electron chi connectivity index (χ2n) is 9.47. The van der Waals surface area contributed by atoms with Gasteiger partial charge in [-0.3, -0.25) is 4.90 Å². The first-order valence-corrected chi connectivity index (χ1v) is 13.1. The molecule has 1 aromatic heterocycles. The van der Waals surface area contributed by atoms with Crippen LogP contribution in [0.5, 0.6) is 0 Å². The summed E-state index contributed by atoms with van der Waals surface area (Å²) in [4.78, 5) is 14.3. The Morgan fingerprint density at radius 3 is 2.67 bits per heavy atom. The molecule has 0 aliphatic carbocycles. The summed E-state index contributed by atoms with van der Waals surface area (Å²) < 4.78 is 19.1. The van der Waals surface area contributed by atoms with Gasteiger partial charge in [-0.2, -0.15) is 4.98 Å². The molecule has 4 N–H and O–H groups in total. The van der Waals surface area contributed by atoms with E-state index in [0.29, 0.717) is 61.2 Å². The molecule has 196 valence electrons. The zero-order chi connectivity index (χ0) is 25.3. The lowest BCUT2D eigenvalue weighted by molar-refractivity contribution is 0.158. The number of nitrogens with one attached hydrogen (secondary N) is 4. The van der Waals surface area contributed by atoms with Crippen molar-refractivity contribution in [3.63, 3.8) is 0 Å². The van der Waals surface area contributed by atoms with Gasteiger partial charge in [-0.15, -0.1) is 0 Å². The summed E-state index contributed by atoms with van der Waals surface area (Å²) >= 11 is 0. The monoisotopic (exact) mass is 498 g/mol. The van der Waals surface area contributed by atoms with Crippen molar-refractivity contribution >= 4 is 28.9 Å². The lowest BCUT2D eigenvalue weighted by Crippen LogP contribution is -2.50. The van der Waals surface area contributed by atoms with E-state index >= 15 is 0 Å². The lowest BCUT2D eigenvalue weighted by atomic mass is 10.1. The molecule has 4 rings (SSSR count). The second-order valence-corrected chi connectivity index (χ2v) is 9.47. The van der Waals surface area contributed by atoms with Crippen molar-refractivity contribution in [1.82, 2.24) is 20.2 Å². The van der Waals surface area contributed by atoms with E-state index in [9.17, 15) is 4.39 Å². The van der Waals surface area contributed by atoms with Gasteiger partial charge in [0.1, 0.15) is 17.2 Å². The number of hydrogen-bond acceptors (Lipinski definition) is 9. The summed E-state index contributed by atoms with van der Waals surface area (Å²) in [5.74, 6) is 0.882. The van der Waals surface area contributed by atoms with E-state index in [-0.39, 0.29) is 5.82 Å². The standard InChI is InChI=1S/C26H39FN8O/c1-3-36-16-12-30-24-23(22(28)18-34-13-5-4-6-14-34)32-26(35-15-11-29-19(2)17-35)33-25(24)31-21-9-7-20(27)8-10-21/h7-10,19,28-30H,3-6,11-18H2,1-2H3,(H,31,32,33)/t19-/m1/s1. The third-order valence-electron chi connectivity index (χ3n) is 6.52. The maximum atomic E-state index is 13.6. The number of hydrogen-bond donors (Lipinski definition) is 4. The maximum Gasteiger partial charge on any atom is 0.228 e. The summed E-state index contributed by atoms with van der Waals surface area (Å²) in [5, 5.41) is 19.3. The van der Waals surface area contributed by atoms with Crippen LogP contribution in [0, 0.1) is 11.2 Å². The highest BCUT2D eigenvalue weighted by Crippen LogP contribution is 2.30. The highest BCUT2D eigenvalue weighted by atomic mass is 19.1. The predicted octanol–water partition coefficient (Wildman–Crippen LogP) is 3.46. The van der Waals surface area contributed by atoms with Gasteiger partial charge < -0.3 is 31.0 Å². The number of halogens is 1. The molecule has 2 fully saturated rings. The van der Waals surface area contributed by atoms with E-state index in [2.05, 4.69) is 32.7 Å². The van der Waals surface area contributed by atoms with Gasteiger partial charge in [0.15, 0.2) is 5.82 Å². The number of aromatic nitrogens is 2. The fourth-order valence-corrected chi connectivity index (χ4v) is 4.66. The highest BCUT2D eigenvalue weighted by molar-refractivity contribution is 6.05. The van der Waals surface area contributed by atoms with Crippen LogP contribution in [0.1, 0.15) is 38.8 Å². The third-order valence-corrected chi connectivity index (χ3v) is 6.52. The molecule has 2 aromatic rings. The Bertz CT molecular complexity index is 996. The number of anilines is 4. The Morgan fingerprint density at radius 2 is 1.94 bits per heavy atom. The Morgan fingerprint density at radius 1 is 1.17 bits per heavy atom. The Kier molecular flexibility index (Phi) is 9.43. The van der Waals surface area contributed by atoms with Crippen LogP contribution in [0.4, 0.5) is 27.5 Å². The van der Waals surface area contributed by atoms with Gasteiger partial charge in [-0.25, -0.2) is 9.37 Å². The van der Waals surface area contributed by atoms with Crippen molar-refractivity contribution in [2.24, 2.45) is 0 Å². The molecule has 9 nitrogen and oxygen atoms in total. The fourth-order valence-electron chi connectivity index (χ4n) is 4.66. The highest BCUT2D eigenvalue weighted by Gasteiger charge is 2.25. The van der Waals surface area contributed by atoms with E-state index in [4.69, 9.17) is 20.1 Å². The van der Waals surface area contributed by atoms with E-state index in [1.54, 1.807) is 12.1 Å². The van der Waals surface area contributed by atoms with E-state index in [0.717, 1.165) is 51.3 Å². The van der Waals surface area contributed by atoms with Crippen LogP contribution >= 0.6 is 0 Å². The van der Waals surface area contributed by atoms with Gasteiger partial charge in [0, 0.05) is 51.1 Å². The van der Waals surface area contributed by atoms with Crippen LogP contribution in [0.3, 0.4) is 0 Å². The van der Waals surface area contributed by atoms with Gasteiger partial charge >= 0.3 is 0 Å². The number of benzene rings is 1. The molecule has 0 unspecified atom stereocenters. The first kappa shape index (κ1) is 26.2. The largest absolute Gasteiger partial charge is 0.380 e. The zero-order valence-corrected chi connectivity index (χ0v) is 21.4. The molecular weight excluding hydrogens is 459 g/mol. The second kappa shape index (κ2) is 12.9. The summed E-state index contributed by atoms with van der Waals surface area (Å²) in [5.41, 5.74) is 2.45. The Hall–Kier alpha value is -2.82. The average Bonchev–Trinajstić information content (AvgIpc) is 2.89. The smallest absolute Gasteiger partial charge is 0.228 e. The van der Waals surface area contributed by atoms with Crippen LogP contribution in [0.25, 0.3) is 0 Å². The maximum absolute atomic E-state index is 13.6. The van der Waals surface area contributed by atoms with Gasteiger partial charge in [0.2, 0.25) is 5.95 Å². The van der Waals surface area contributed by atoms with Crippen LogP contribution in [0.2, 0.25) is 0 Å². The Balaban J connectivity index is 1.70. The van der Waals surface area contributed by atoms with Crippen molar-refractivity contribution in [3.05, 3.63) is 35.8 Å². The van der Waals surface area contributed by atoms with Gasteiger partial charge in [-0.1, -0.05) is 6.42 Å². The summed E-state index contributed by atoms with van der Waals surface area (Å²) in [6, 6.07) is 6.53. The number of likely N-dealkylation sites (tertiary alicyclic amines) is 1. The molecule has 2 aliphatic heterocycles. The van der Waals surface area contributed by atoms with Crippen molar-refractivity contribution < 1.29 is 9.13 Å². The van der Waals surface area contributed by atoms with Crippen molar-refractivity contribution in [2.45, 2.75) is 39.2 Å². The number of rotatable bonds is 11. The number of piperazine rings is 1. The Labute approximate surface area is 213 Å². The van der Waals surface area contributed by atoms with E-state index in [1.165, 1.54) is 18.6 Å². The van der Waals surface area contributed by atoms with Gasteiger partial charge in [0.25, 0.3) is 0 Å². The topological polar surface area (TPSA) is 101 Å². The molecule has 1 atom stereocenters. The molecule has 0 saturated carbocycles. The zero-order valence-electron chi connectivity index (χ0n) is 21.4. The lowest BCUT2D eigenvalue weighted by Gasteiger charge is -2.33. The van der Waals surface area contributed by atoms with Crippen LogP contribution in [0.15, 0.2) is 24.3 Å². The molecule has 0 amide bonds. The molecule has 2 aliphatic rings. The molecule has 2 saturated heterocycles. The molecule has 0 spiro atoms. The quantitative estimate of drug-likeness (QED) is 0.276. The minimum atomic E-state index is -0.294. The molecule has 10 heteroatoms. The van der Waals surface area contributed by atoms with E-state index < -0.39 is 0 Å². The number of ether oxygens (including phenoxy) is 1. The first-order chi connectivity index (χ1) is 17.5. The molecule has 1 aromatic carbocycles. The normalized spacial score (nSPS) is 18.8. The first-order valence-electron chi connectivity index (χ1n) is 13.1. The molecule has 3 heterocycles. The fraction of sp³-hybridized carbons (Fsp3) is 0.577. The SMILES string of the molecule is CCOCCNc1c(Nc2ccc(F)cc2)nc(N2CCN[C@H](C)C2)nc1C(=N)CN1CCCCC1. The minimum absolute atomic E-state index is 0.294. The van der Waals surface area contributed by atoms with Crippen molar-refractivity contribution in [3.8, 4) is 0 Å². The number of nitrogens with zero attached hydrogens (tertiary/aromatic N) is 4.